The molecule has 1 unspecified atom stereocenters. The van der Waals surface area contributed by atoms with Crippen molar-refractivity contribution < 1.29 is 14.3 Å². The highest BCUT2D eigenvalue weighted by molar-refractivity contribution is 6.31. The zero-order chi connectivity index (χ0) is 13.8. The average molecular weight is 262 g/mol. The van der Waals surface area contributed by atoms with Crippen LogP contribution in [-0.4, -0.2) is 42.4 Å². The number of hydrogen-bond acceptors (Lipinski definition) is 4. The summed E-state index contributed by atoms with van der Waals surface area (Å²) in [5.74, 6) is -0.880. The maximum absolute atomic E-state index is 11.9. The number of nitrogens with zero attached hydrogens (tertiary/aromatic N) is 1. The molecule has 0 bridgehead atoms. The minimum atomic E-state index is -0.940. The maximum atomic E-state index is 11.9. The van der Waals surface area contributed by atoms with Crippen molar-refractivity contribution in [1.82, 2.24) is 4.90 Å². The third-order valence-electron chi connectivity index (χ3n) is 1.82. The number of carbonyl (C=O) groups excluding carboxylic acids is 2. The molecule has 0 aromatic rings. The monoisotopic (exact) mass is 261 g/mol. The average Bonchev–Trinajstić information content (AvgIpc) is 1.96. The van der Waals surface area contributed by atoms with Crippen molar-refractivity contribution in [1.29, 1.82) is 0 Å². The fraction of sp³-hybridized carbons (Fsp3) is 0.667. The molecule has 0 heterocycles. The number of ether oxygens (including phenoxy) is 1. The van der Waals surface area contributed by atoms with Crippen LogP contribution in [0.3, 0.4) is 0 Å². The van der Waals surface area contributed by atoms with Crippen LogP contribution in [0.4, 0.5) is 0 Å². The number of carbonyl (C=O) groups is 2. The van der Waals surface area contributed by atoms with E-state index in [1.807, 2.05) is 0 Å². The van der Waals surface area contributed by atoms with Crippen molar-refractivity contribution in [3.8, 4) is 0 Å². The van der Waals surface area contributed by atoms with Crippen molar-refractivity contribution >= 4 is 23.4 Å². The number of Topliss-reactive ketones (excluding diaryl/α,β-unsaturated/α-hetero) is 1. The Morgan fingerprint density at radius 2 is 1.82 bits per heavy atom. The number of esters is 1. The van der Waals surface area contributed by atoms with Crippen LogP contribution < -0.4 is 0 Å². The molecule has 0 aliphatic rings. The smallest absolute Gasteiger partial charge is 0.331 e. The Kier molecular flexibility index (Phi) is 5.85. The molecule has 0 saturated carbocycles. The number of likely N-dealkylation sites (N-methyl/N-ethyl adjacent to an activating group) is 1. The highest BCUT2D eigenvalue weighted by Crippen LogP contribution is 2.14. The SMILES string of the molecule is C=C(Cl)CC(=O)C(C(=O)OC(C)(C)C)N(C)C. The number of allylic oxidation sites excluding steroid dienone is 1. The van der Waals surface area contributed by atoms with E-state index < -0.39 is 17.6 Å². The number of halogens is 1. The van der Waals surface area contributed by atoms with Gasteiger partial charge in [0.2, 0.25) is 0 Å². The van der Waals surface area contributed by atoms with E-state index in [-0.39, 0.29) is 17.2 Å². The van der Waals surface area contributed by atoms with Gasteiger partial charge in [0.1, 0.15) is 5.60 Å². The molecule has 0 rings (SSSR count). The van der Waals surface area contributed by atoms with Crippen molar-refractivity contribution in [2.24, 2.45) is 0 Å². The predicted molar refractivity (Wildman–Crippen MR) is 67.9 cm³/mol. The summed E-state index contributed by atoms with van der Waals surface area (Å²) in [5, 5.41) is 0.213. The van der Waals surface area contributed by atoms with E-state index in [1.165, 1.54) is 4.90 Å². The normalized spacial score (nSPS) is 13.4. The maximum Gasteiger partial charge on any atom is 0.331 e. The second-order valence-corrected chi connectivity index (χ2v) is 5.59. The lowest BCUT2D eigenvalue weighted by Crippen LogP contribution is -2.45. The van der Waals surface area contributed by atoms with Crippen molar-refractivity contribution in [3.63, 3.8) is 0 Å². The number of rotatable bonds is 5. The van der Waals surface area contributed by atoms with Gasteiger partial charge >= 0.3 is 5.97 Å². The van der Waals surface area contributed by atoms with Gasteiger partial charge in [-0.1, -0.05) is 18.2 Å². The Labute approximate surface area is 108 Å². The Bertz CT molecular complexity index is 318. The Hall–Kier alpha value is -0.870. The molecule has 0 aliphatic heterocycles. The van der Waals surface area contributed by atoms with E-state index in [2.05, 4.69) is 6.58 Å². The third-order valence-corrected chi connectivity index (χ3v) is 1.95. The first-order chi connectivity index (χ1) is 7.54. The minimum absolute atomic E-state index is 0.0381. The first kappa shape index (κ1) is 16.1. The lowest BCUT2D eigenvalue weighted by molar-refractivity contribution is -0.162. The molecule has 17 heavy (non-hydrogen) atoms. The lowest BCUT2D eigenvalue weighted by atomic mass is 10.1. The lowest BCUT2D eigenvalue weighted by Gasteiger charge is -2.26. The molecule has 0 radical (unpaired) electrons. The molecule has 98 valence electrons. The van der Waals surface area contributed by atoms with E-state index in [0.29, 0.717) is 0 Å². The fourth-order valence-corrected chi connectivity index (χ4v) is 1.41. The summed E-state index contributed by atoms with van der Waals surface area (Å²) in [5.41, 5.74) is -0.621. The predicted octanol–water partition coefficient (Wildman–Crippen LogP) is 1.97. The summed E-state index contributed by atoms with van der Waals surface area (Å²) in [4.78, 5) is 25.2. The van der Waals surface area contributed by atoms with Gasteiger partial charge in [-0.05, 0) is 34.9 Å². The summed E-state index contributed by atoms with van der Waals surface area (Å²) < 4.78 is 5.19. The standard InChI is InChI=1S/C12H20ClNO3/c1-8(13)7-9(15)10(14(5)6)11(16)17-12(2,3)4/h10H,1,7H2,2-6H3. The van der Waals surface area contributed by atoms with Gasteiger partial charge in [0.15, 0.2) is 11.8 Å². The largest absolute Gasteiger partial charge is 0.458 e. The van der Waals surface area contributed by atoms with Crippen LogP contribution in [-0.2, 0) is 14.3 Å². The number of hydrogen-bond donors (Lipinski definition) is 0. The van der Waals surface area contributed by atoms with Crippen LogP contribution in [0.2, 0.25) is 0 Å². The third kappa shape index (κ3) is 6.44. The van der Waals surface area contributed by atoms with Gasteiger partial charge in [0, 0.05) is 11.5 Å². The molecule has 0 aromatic carbocycles. The molecule has 0 fully saturated rings. The van der Waals surface area contributed by atoms with Crippen molar-refractivity contribution in [3.05, 3.63) is 11.6 Å². The van der Waals surface area contributed by atoms with E-state index >= 15 is 0 Å². The molecule has 0 aromatic heterocycles. The van der Waals surface area contributed by atoms with E-state index in [9.17, 15) is 9.59 Å². The van der Waals surface area contributed by atoms with Gasteiger partial charge in [0.05, 0.1) is 0 Å². The second kappa shape index (κ2) is 6.17. The Morgan fingerprint density at radius 1 is 1.35 bits per heavy atom. The number of ketones is 1. The molecule has 0 spiro atoms. The van der Waals surface area contributed by atoms with Crippen LogP contribution in [0.25, 0.3) is 0 Å². The van der Waals surface area contributed by atoms with Gasteiger partial charge in [-0.15, -0.1) is 0 Å². The van der Waals surface area contributed by atoms with Crippen LogP contribution in [0.15, 0.2) is 11.6 Å². The molecule has 0 N–H and O–H groups in total. The van der Waals surface area contributed by atoms with Gasteiger partial charge in [-0.3, -0.25) is 9.69 Å². The first-order valence-corrected chi connectivity index (χ1v) is 5.67. The van der Waals surface area contributed by atoms with Crippen molar-refractivity contribution in [2.75, 3.05) is 14.1 Å². The van der Waals surface area contributed by atoms with Gasteiger partial charge in [-0.25, -0.2) is 4.79 Å². The molecule has 1 atom stereocenters. The zero-order valence-corrected chi connectivity index (χ0v) is 11.8. The Balaban J connectivity index is 4.80. The molecule has 5 heteroatoms. The highest BCUT2D eigenvalue weighted by Gasteiger charge is 2.32. The van der Waals surface area contributed by atoms with Crippen LogP contribution in [0.1, 0.15) is 27.2 Å². The summed E-state index contributed by atoms with van der Waals surface area (Å²) in [6.45, 7) is 8.70. The van der Waals surface area contributed by atoms with Gasteiger partial charge < -0.3 is 4.74 Å². The van der Waals surface area contributed by atoms with E-state index in [0.717, 1.165) is 0 Å². The molecule has 0 amide bonds. The second-order valence-electron chi connectivity index (χ2n) is 5.06. The fourth-order valence-electron chi connectivity index (χ4n) is 1.27. The van der Waals surface area contributed by atoms with Crippen molar-refractivity contribution in [2.45, 2.75) is 38.8 Å². The van der Waals surface area contributed by atoms with E-state index in [4.69, 9.17) is 16.3 Å². The summed E-state index contributed by atoms with van der Waals surface area (Å²) in [7, 11) is 3.28. The van der Waals surface area contributed by atoms with Crippen LogP contribution >= 0.6 is 11.6 Å². The molecular formula is C12H20ClNO3. The van der Waals surface area contributed by atoms with Gasteiger partial charge in [0.25, 0.3) is 0 Å². The molecular weight excluding hydrogens is 242 g/mol. The van der Waals surface area contributed by atoms with Crippen LogP contribution in [0.5, 0.6) is 0 Å². The minimum Gasteiger partial charge on any atom is -0.458 e. The summed E-state index contributed by atoms with van der Waals surface area (Å²) in [6.07, 6.45) is -0.0381. The Morgan fingerprint density at radius 3 is 2.12 bits per heavy atom. The zero-order valence-electron chi connectivity index (χ0n) is 11.0. The highest BCUT2D eigenvalue weighted by atomic mass is 35.5. The summed E-state index contributed by atoms with van der Waals surface area (Å²) in [6, 6.07) is -0.940. The van der Waals surface area contributed by atoms with E-state index in [1.54, 1.807) is 34.9 Å². The van der Waals surface area contributed by atoms with Crippen LogP contribution in [0, 0.1) is 0 Å². The molecule has 0 aliphatic carbocycles. The summed E-state index contributed by atoms with van der Waals surface area (Å²) >= 11 is 5.57. The molecule has 4 nitrogen and oxygen atoms in total. The molecule has 0 saturated heterocycles. The topological polar surface area (TPSA) is 46.6 Å². The quantitative estimate of drug-likeness (QED) is 0.561. The van der Waals surface area contributed by atoms with Gasteiger partial charge in [-0.2, -0.15) is 0 Å². The first-order valence-electron chi connectivity index (χ1n) is 5.30.